The number of hydrogen-bond acceptors (Lipinski definition) is 7. The van der Waals surface area contributed by atoms with E-state index in [1.165, 1.54) is 0 Å². The average molecular weight is 399 g/mol. The number of anilines is 2. The summed E-state index contributed by atoms with van der Waals surface area (Å²) in [6.45, 7) is 0. The molecule has 8 nitrogen and oxygen atoms in total. The Labute approximate surface area is 151 Å². The highest BCUT2D eigenvalue weighted by Gasteiger charge is 2.25. The first-order valence-corrected chi connectivity index (χ1v) is 8.83. The molecule has 0 aliphatic heterocycles. The molecule has 0 radical (unpaired) electrons. The molecule has 3 aromatic rings. The first-order valence-electron chi connectivity index (χ1n) is 6.53. The molecule has 1 heterocycles. The second-order valence-corrected chi connectivity index (χ2v) is 7.14. The van der Waals surface area contributed by atoms with Crippen molar-refractivity contribution in [1.29, 1.82) is 5.26 Å². The van der Waals surface area contributed by atoms with Gasteiger partial charge in [-0.2, -0.15) is 10.2 Å². The van der Waals surface area contributed by atoms with Crippen LogP contribution >= 0.6 is 23.2 Å². The quantitative estimate of drug-likeness (QED) is 0.614. The van der Waals surface area contributed by atoms with E-state index in [0.717, 1.165) is 6.07 Å². The molecular weight excluding hydrogens is 391 g/mol. The van der Waals surface area contributed by atoms with Crippen molar-refractivity contribution in [3.63, 3.8) is 0 Å². The number of hydrogen-bond donors (Lipinski definition) is 3. The number of rotatable bonds is 3. The second kappa shape index (κ2) is 6.09. The number of halogens is 2. The van der Waals surface area contributed by atoms with Crippen LogP contribution in [0.15, 0.2) is 33.6 Å². The van der Waals surface area contributed by atoms with Gasteiger partial charge in [0.1, 0.15) is 16.5 Å². The molecule has 0 saturated carbocycles. The zero-order valence-corrected chi connectivity index (χ0v) is 14.4. The zero-order chi connectivity index (χ0) is 18.4. The van der Waals surface area contributed by atoms with Gasteiger partial charge in [0.2, 0.25) is 10.0 Å². The number of nitrogens with one attached hydrogen (secondary N) is 1. The lowest BCUT2D eigenvalue weighted by Crippen LogP contribution is -2.14. The molecular formula is C14H8Cl2N4O4S. The van der Waals surface area contributed by atoms with Gasteiger partial charge in [0.05, 0.1) is 21.3 Å². The van der Waals surface area contributed by atoms with Crippen LogP contribution in [-0.2, 0) is 10.0 Å². The predicted molar refractivity (Wildman–Crippen MR) is 91.5 cm³/mol. The number of fused-ring (bicyclic) bond motifs is 1. The number of nitriles is 1. The second-order valence-electron chi connectivity index (χ2n) is 4.85. The van der Waals surface area contributed by atoms with Crippen molar-refractivity contribution in [2.75, 3.05) is 5.32 Å². The van der Waals surface area contributed by atoms with Crippen LogP contribution in [0.5, 0.6) is 5.75 Å². The Morgan fingerprint density at radius 3 is 2.72 bits per heavy atom. The van der Waals surface area contributed by atoms with E-state index in [4.69, 9.17) is 38.0 Å². The predicted octanol–water partition coefficient (Wildman–Crippen LogP) is 3.10. The van der Waals surface area contributed by atoms with Gasteiger partial charge in [-0.1, -0.05) is 29.3 Å². The summed E-state index contributed by atoms with van der Waals surface area (Å²) in [7, 11) is -4.35. The molecule has 3 rings (SSSR count). The molecule has 0 atom stereocenters. The van der Waals surface area contributed by atoms with Crippen LogP contribution in [0.25, 0.3) is 11.1 Å². The lowest BCUT2D eigenvalue weighted by Gasteiger charge is -2.05. The molecule has 128 valence electrons. The Balaban J connectivity index is 2.17. The van der Waals surface area contributed by atoms with Crippen molar-refractivity contribution in [2.45, 2.75) is 4.90 Å². The number of aromatic nitrogens is 1. The third-order valence-corrected chi connectivity index (χ3v) is 5.01. The lowest BCUT2D eigenvalue weighted by atomic mass is 10.2. The monoisotopic (exact) mass is 398 g/mol. The number of oxazole rings is 1. The van der Waals surface area contributed by atoms with Crippen LogP contribution in [0.3, 0.4) is 0 Å². The highest BCUT2D eigenvalue weighted by atomic mass is 35.5. The third kappa shape index (κ3) is 3.08. The summed E-state index contributed by atoms with van der Waals surface area (Å²) in [6, 6.07) is 7.54. The summed E-state index contributed by atoms with van der Waals surface area (Å²) in [5.41, 5.74) is -0.161. The third-order valence-electron chi connectivity index (χ3n) is 3.21. The Hall–Kier alpha value is -2.51. The molecule has 4 N–H and O–H groups in total. The number of sulfonamides is 1. The summed E-state index contributed by atoms with van der Waals surface area (Å²) < 4.78 is 28.6. The van der Waals surface area contributed by atoms with Crippen LogP contribution in [0.2, 0.25) is 10.0 Å². The topological polar surface area (TPSA) is 142 Å². The van der Waals surface area contributed by atoms with E-state index in [1.54, 1.807) is 24.3 Å². The molecule has 1 aromatic heterocycles. The SMILES string of the molecule is N#Cc1cc2nc(Nc3cccc(Cl)c3Cl)oc2c(O)c1S(N)(=O)=O. The van der Waals surface area contributed by atoms with Crippen LogP contribution < -0.4 is 10.5 Å². The minimum absolute atomic E-state index is 0.0575. The fourth-order valence-electron chi connectivity index (χ4n) is 2.17. The Morgan fingerprint density at radius 2 is 2.08 bits per heavy atom. The summed E-state index contributed by atoms with van der Waals surface area (Å²) in [4.78, 5) is 3.31. The minimum atomic E-state index is -4.35. The molecule has 0 spiro atoms. The molecule has 11 heteroatoms. The van der Waals surface area contributed by atoms with Crippen LogP contribution in [0, 0.1) is 11.3 Å². The van der Waals surface area contributed by atoms with Gasteiger partial charge in [0.25, 0.3) is 6.01 Å². The highest BCUT2D eigenvalue weighted by Crippen LogP contribution is 2.37. The van der Waals surface area contributed by atoms with E-state index < -0.39 is 20.7 Å². The van der Waals surface area contributed by atoms with Gasteiger partial charge in [0, 0.05) is 0 Å². The molecule has 25 heavy (non-hydrogen) atoms. The van der Waals surface area contributed by atoms with Crippen molar-refractivity contribution in [3.8, 4) is 11.8 Å². The number of phenolic OH excluding ortho intramolecular Hbond substituents is 1. The van der Waals surface area contributed by atoms with E-state index in [9.17, 15) is 13.5 Å². The van der Waals surface area contributed by atoms with Crippen molar-refractivity contribution >= 4 is 56.0 Å². The van der Waals surface area contributed by atoms with Gasteiger partial charge in [0.15, 0.2) is 11.3 Å². The largest absolute Gasteiger partial charge is 0.503 e. The Kier molecular flexibility index (Phi) is 4.22. The lowest BCUT2D eigenvalue weighted by molar-refractivity contribution is 0.450. The van der Waals surface area contributed by atoms with Crippen LogP contribution in [0.4, 0.5) is 11.7 Å². The van der Waals surface area contributed by atoms with Crippen molar-refractivity contribution in [1.82, 2.24) is 4.98 Å². The normalized spacial score (nSPS) is 11.4. The summed E-state index contributed by atoms with van der Waals surface area (Å²) >= 11 is 12.0. The van der Waals surface area contributed by atoms with Crippen molar-refractivity contribution in [3.05, 3.63) is 39.9 Å². The van der Waals surface area contributed by atoms with Gasteiger partial charge < -0.3 is 14.8 Å². The maximum atomic E-state index is 11.6. The summed E-state index contributed by atoms with van der Waals surface area (Å²) in [5.74, 6) is -0.797. The maximum Gasteiger partial charge on any atom is 0.300 e. The van der Waals surface area contributed by atoms with Gasteiger partial charge >= 0.3 is 0 Å². The van der Waals surface area contributed by atoms with Gasteiger partial charge in [-0.25, -0.2) is 13.6 Å². The van der Waals surface area contributed by atoms with Gasteiger partial charge in [-0.05, 0) is 18.2 Å². The maximum absolute atomic E-state index is 11.6. The minimum Gasteiger partial charge on any atom is -0.503 e. The molecule has 0 bridgehead atoms. The Morgan fingerprint density at radius 1 is 1.36 bits per heavy atom. The number of phenols is 1. The molecule has 0 fully saturated rings. The van der Waals surface area contributed by atoms with E-state index >= 15 is 0 Å². The molecule has 0 unspecified atom stereocenters. The van der Waals surface area contributed by atoms with E-state index in [2.05, 4.69) is 10.3 Å². The number of benzene rings is 2. The van der Waals surface area contributed by atoms with Crippen molar-refractivity contribution in [2.24, 2.45) is 5.14 Å². The molecule has 0 aliphatic rings. The van der Waals surface area contributed by atoms with Crippen molar-refractivity contribution < 1.29 is 17.9 Å². The Bertz CT molecular complexity index is 1150. The number of nitrogens with two attached hydrogens (primary N) is 1. The highest BCUT2D eigenvalue weighted by molar-refractivity contribution is 7.89. The molecule has 0 saturated heterocycles. The summed E-state index contributed by atoms with van der Waals surface area (Å²) in [5, 5.41) is 27.6. The summed E-state index contributed by atoms with van der Waals surface area (Å²) in [6.07, 6.45) is 0. The first-order chi connectivity index (χ1) is 11.7. The van der Waals surface area contributed by atoms with Crippen LogP contribution in [-0.4, -0.2) is 18.5 Å². The number of nitrogens with zero attached hydrogens (tertiary/aromatic N) is 2. The molecule has 0 amide bonds. The van der Waals surface area contributed by atoms with E-state index in [-0.39, 0.29) is 27.7 Å². The number of aromatic hydroxyl groups is 1. The fraction of sp³-hybridized carbons (Fsp3) is 0. The fourth-order valence-corrected chi connectivity index (χ4v) is 3.29. The van der Waals surface area contributed by atoms with E-state index in [1.807, 2.05) is 0 Å². The molecule has 2 aromatic carbocycles. The smallest absolute Gasteiger partial charge is 0.300 e. The zero-order valence-electron chi connectivity index (χ0n) is 12.1. The van der Waals surface area contributed by atoms with E-state index in [0.29, 0.717) is 10.7 Å². The molecule has 0 aliphatic carbocycles. The average Bonchev–Trinajstić information content (AvgIpc) is 2.93. The van der Waals surface area contributed by atoms with Crippen LogP contribution in [0.1, 0.15) is 5.56 Å². The number of primary sulfonamides is 1. The first kappa shape index (κ1) is 17.3. The van der Waals surface area contributed by atoms with Gasteiger partial charge in [-0.15, -0.1) is 0 Å². The standard InChI is InChI=1S/C14H8Cl2N4O4S/c15-7-2-1-3-8(10(7)16)19-14-20-9-4-6(5-17)13(25(18,22)23)11(21)12(9)24-14/h1-4,21H,(H,19,20)(H2,18,22,23). The van der Waals surface area contributed by atoms with Gasteiger partial charge in [-0.3, -0.25) is 0 Å².